The number of hydrogen-bond donors (Lipinski definition) is 0. The second-order valence-corrected chi connectivity index (χ2v) is 7.55. The van der Waals surface area contributed by atoms with E-state index in [0.717, 1.165) is 20.5 Å². The third-order valence-corrected chi connectivity index (χ3v) is 4.39. The van der Waals surface area contributed by atoms with Gasteiger partial charge >= 0.3 is 37.7 Å². The Morgan fingerprint density at radius 1 is 0.528 bits per heavy atom. The Bertz CT molecular complexity index is 939. The molecule has 2 aromatic heterocycles. The van der Waals surface area contributed by atoms with Crippen LogP contribution in [0.3, 0.4) is 0 Å². The molecule has 36 heavy (non-hydrogen) atoms. The highest BCUT2D eigenvalue weighted by Gasteiger charge is 2.82. The molecule has 1 aliphatic rings. The lowest BCUT2D eigenvalue weighted by molar-refractivity contribution is -0.641. The van der Waals surface area contributed by atoms with Crippen molar-refractivity contribution < 1.29 is 61.2 Å². The number of anilines is 2. The van der Waals surface area contributed by atoms with Gasteiger partial charge in [-0.2, -0.15) is 26.7 Å². The molecular formula is C18H20B2F12N4. The second-order valence-electron chi connectivity index (χ2n) is 7.55. The largest absolute Gasteiger partial charge is 0.673 e. The highest BCUT2D eigenvalue weighted by molar-refractivity contribution is 6.50. The van der Waals surface area contributed by atoms with E-state index in [2.05, 4.69) is 0 Å². The molecule has 0 atom stereocenters. The Kier molecular flexibility index (Phi) is 9.38. The lowest BCUT2D eigenvalue weighted by Gasteiger charge is -2.31. The number of allylic oxidation sites excluding steroid dienone is 2. The molecule has 0 fully saturated rings. The Labute approximate surface area is 198 Å². The van der Waals surface area contributed by atoms with Gasteiger partial charge in [0.15, 0.2) is 24.8 Å². The minimum atomic E-state index is -6.00. The van der Waals surface area contributed by atoms with Crippen molar-refractivity contribution >= 4 is 37.3 Å². The first kappa shape index (κ1) is 31.0. The van der Waals surface area contributed by atoms with E-state index < -0.39 is 37.7 Å². The summed E-state index contributed by atoms with van der Waals surface area (Å²) in [6.45, 7) is 0. The summed E-state index contributed by atoms with van der Waals surface area (Å²) >= 11 is 0. The summed E-state index contributed by atoms with van der Waals surface area (Å²) in [6.07, 6.45) is 5.45. The minimum absolute atomic E-state index is 0.726. The zero-order chi connectivity index (χ0) is 28.3. The molecular weight excluding hydrogens is 522 g/mol. The number of hydrogen-bond acceptors (Lipinski definition) is 2. The van der Waals surface area contributed by atoms with Gasteiger partial charge in [0.05, 0.1) is 0 Å². The summed E-state index contributed by atoms with van der Waals surface area (Å²) in [5.41, 5.74) is 0.104. The fraction of sp³-hybridized carbons (Fsp3) is 0.333. The van der Waals surface area contributed by atoms with Crippen molar-refractivity contribution in [1.82, 2.24) is 0 Å². The average molecular weight is 542 g/mol. The SMILES string of the molecule is CN(C)c1cc[n+](C2=C([n+]3ccc(N(C)C)cc3)C(F)(F)C2(F)F)cc1.F[B-](F)(F)F.F[B-](F)(F)F. The van der Waals surface area contributed by atoms with Crippen molar-refractivity contribution in [3.05, 3.63) is 49.1 Å². The Balaban J connectivity index is 0.000000550. The molecule has 0 N–H and O–H groups in total. The van der Waals surface area contributed by atoms with Crippen LogP contribution >= 0.6 is 0 Å². The van der Waals surface area contributed by atoms with Gasteiger partial charge in [0.2, 0.25) is 0 Å². The molecule has 0 bridgehead atoms. The Hall–Kier alpha value is -3.07. The van der Waals surface area contributed by atoms with Crippen LogP contribution in [0.1, 0.15) is 0 Å². The van der Waals surface area contributed by atoms with Crippen LogP contribution in [0.5, 0.6) is 0 Å². The van der Waals surface area contributed by atoms with Crippen LogP contribution in [0.15, 0.2) is 49.1 Å². The molecule has 0 saturated heterocycles. The predicted molar refractivity (Wildman–Crippen MR) is 112 cm³/mol. The van der Waals surface area contributed by atoms with E-state index in [0.29, 0.717) is 0 Å². The number of alkyl halides is 4. The van der Waals surface area contributed by atoms with Gasteiger partial charge in [0.1, 0.15) is 0 Å². The van der Waals surface area contributed by atoms with Crippen LogP contribution in [0.25, 0.3) is 11.4 Å². The Morgan fingerprint density at radius 2 is 0.722 bits per heavy atom. The molecule has 0 unspecified atom stereocenters. The topological polar surface area (TPSA) is 14.2 Å². The van der Waals surface area contributed by atoms with E-state index in [-0.39, 0.29) is 0 Å². The van der Waals surface area contributed by atoms with Gasteiger partial charge < -0.3 is 44.3 Å². The molecule has 1 aliphatic carbocycles. The van der Waals surface area contributed by atoms with Gasteiger partial charge in [0.25, 0.3) is 0 Å². The number of aromatic nitrogens is 2. The first-order chi connectivity index (χ1) is 16.1. The molecule has 0 spiro atoms. The van der Waals surface area contributed by atoms with E-state index in [9.17, 15) is 52.1 Å². The third-order valence-electron chi connectivity index (χ3n) is 4.39. The molecule has 202 valence electrons. The van der Waals surface area contributed by atoms with E-state index in [1.165, 1.54) is 24.8 Å². The maximum Gasteiger partial charge on any atom is 0.673 e. The van der Waals surface area contributed by atoms with Gasteiger partial charge in [0, 0.05) is 63.8 Å². The molecule has 0 amide bonds. The van der Waals surface area contributed by atoms with Crippen molar-refractivity contribution in [3.63, 3.8) is 0 Å². The van der Waals surface area contributed by atoms with Crippen molar-refractivity contribution in [1.29, 1.82) is 0 Å². The van der Waals surface area contributed by atoms with E-state index in [4.69, 9.17) is 0 Å². The van der Waals surface area contributed by atoms with Gasteiger partial charge in [-0.3, -0.25) is 0 Å². The number of pyridine rings is 2. The fourth-order valence-corrected chi connectivity index (χ4v) is 2.83. The zero-order valence-electron chi connectivity index (χ0n) is 19.1. The van der Waals surface area contributed by atoms with Crippen molar-refractivity contribution in [3.8, 4) is 0 Å². The molecule has 0 saturated carbocycles. The van der Waals surface area contributed by atoms with Crippen LogP contribution in [-0.2, 0) is 0 Å². The van der Waals surface area contributed by atoms with Crippen molar-refractivity contribution in [2.45, 2.75) is 11.8 Å². The van der Waals surface area contributed by atoms with E-state index >= 15 is 0 Å². The monoisotopic (exact) mass is 542 g/mol. The fourth-order valence-electron chi connectivity index (χ4n) is 2.83. The summed E-state index contributed by atoms with van der Waals surface area (Å²) in [6, 6.07) is 6.38. The van der Waals surface area contributed by atoms with Crippen LogP contribution in [0.4, 0.5) is 63.5 Å². The standard InChI is InChI=1S/C18H20F4N4.2BF4/c1-23(2)13-5-9-25(10-6-13)15-16(18(21,22)17(15,19)20)26-11-7-14(8-12-26)24(3)4;2*2-1(3,4)5/h5-12H,1-4H3;;/q+2;2*-1. The van der Waals surface area contributed by atoms with Crippen LogP contribution in [0.2, 0.25) is 0 Å². The van der Waals surface area contributed by atoms with E-state index in [1.807, 2.05) is 0 Å². The average Bonchev–Trinajstić information content (AvgIpc) is 2.69. The molecule has 4 nitrogen and oxygen atoms in total. The lowest BCUT2D eigenvalue weighted by atomic mass is 9.89. The molecule has 3 rings (SSSR count). The first-order valence-electron chi connectivity index (χ1n) is 9.71. The third kappa shape index (κ3) is 8.26. The van der Waals surface area contributed by atoms with Crippen LogP contribution < -0.4 is 18.9 Å². The van der Waals surface area contributed by atoms with Gasteiger partial charge in [-0.25, -0.2) is 0 Å². The van der Waals surface area contributed by atoms with Gasteiger partial charge in [-0.15, -0.1) is 0 Å². The maximum atomic E-state index is 14.2. The summed E-state index contributed by atoms with van der Waals surface area (Å²) < 4.78 is 137. The molecule has 0 radical (unpaired) electrons. The minimum Gasteiger partial charge on any atom is -0.418 e. The molecule has 18 heteroatoms. The number of halogens is 12. The Morgan fingerprint density at radius 3 is 0.889 bits per heavy atom. The predicted octanol–water partition coefficient (Wildman–Crippen LogP) is 5.10. The summed E-state index contributed by atoms with van der Waals surface area (Å²) in [7, 11) is -4.78. The molecule has 2 aromatic rings. The summed E-state index contributed by atoms with van der Waals surface area (Å²) in [4.78, 5) is 3.59. The lowest BCUT2D eigenvalue weighted by Crippen LogP contribution is -2.66. The molecule has 2 heterocycles. The summed E-state index contributed by atoms with van der Waals surface area (Å²) in [5.74, 6) is -8.50. The summed E-state index contributed by atoms with van der Waals surface area (Å²) in [5, 5.41) is 0. The molecule has 0 aliphatic heterocycles. The van der Waals surface area contributed by atoms with Crippen molar-refractivity contribution in [2.75, 3.05) is 38.0 Å². The normalized spacial score (nSPS) is 16.1. The highest BCUT2D eigenvalue weighted by Crippen LogP contribution is 2.55. The number of rotatable bonds is 4. The smallest absolute Gasteiger partial charge is 0.418 e. The quantitative estimate of drug-likeness (QED) is 0.304. The van der Waals surface area contributed by atoms with Crippen LogP contribution in [-0.4, -0.2) is 54.5 Å². The first-order valence-corrected chi connectivity index (χ1v) is 9.71. The molecule has 0 aromatic carbocycles. The second kappa shape index (κ2) is 10.9. The van der Waals surface area contributed by atoms with Gasteiger partial charge in [-0.1, -0.05) is 0 Å². The number of nitrogens with zero attached hydrogens (tertiary/aromatic N) is 4. The zero-order valence-corrected chi connectivity index (χ0v) is 19.1. The van der Waals surface area contributed by atoms with Crippen LogP contribution in [0, 0.1) is 0 Å². The van der Waals surface area contributed by atoms with Crippen molar-refractivity contribution in [2.24, 2.45) is 0 Å². The highest BCUT2D eigenvalue weighted by atomic mass is 19.5. The maximum absolute atomic E-state index is 14.2. The van der Waals surface area contributed by atoms with E-state index in [1.54, 1.807) is 62.3 Å². The van der Waals surface area contributed by atoms with Gasteiger partial charge in [-0.05, 0) is 0 Å².